The lowest BCUT2D eigenvalue weighted by atomic mass is 10.0. The van der Waals surface area contributed by atoms with E-state index in [1.165, 1.54) is 32.6 Å². The van der Waals surface area contributed by atoms with Crippen LogP contribution >= 0.6 is 21.6 Å². The third-order valence-corrected chi connectivity index (χ3v) is 13.3. The number of nitrogens with two attached hydrogens (primary N) is 1. The number of rotatable bonds is 14. The molecule has 12 nitrogen and oxygen atoms in total. The molecule has 0 unspecified atom stereocenters. The standard InChI is InChI=1S/C24H40N4O8S2Si/c1-15(2)22(30)32-9-11-37-38-12-10-33-23(31)34-13-17-16(3)18(36-39(7,8)24(4,5)6)21(35-17)28-14-26-20(27-28)19(25)29/h14,16-18,21H,1,9-13H2,2-8H3,(H2,25,29)/t16-,17-,18-,21-/m1/s1. The van der Waals surface area contributed by atoms with Gasteiger partial charge in [0.2, 0.25) is 5.82 Å². The van der Waals surface area contributed by atoms with E-state index in [9.17, 15) is 14.4 Å². The molecule has 0 bridgehead atoms. The molecule has 1 aromatic heterocycles. The van der Waals surface area contributed by atoms with Gasteiger partial charge in [-0.25, -0.2) is 19.3 Å². The van der Waals surface area contributed by atoms with E-state index >= 15 is 0 Å². The van der Waals surface area contributed by atoms with Gasteiger partial charge in [0.25, 0.3) is 5.91 Å². The van der Waals surface area contributed by atoms with Gasteiger partial charge in [0.05, 0.1) is 12.2 Å². The molecule has 1 aliphatic heterocycles. The van der Waals surface area contributed by atoms with Crippen LogP contribution in [-0.2, 0) is 28.2 Å². The number of nitrogens with zero attached hydrogens (tertiary/aromatic N) is 3. The Balaban J connectivity index is 1.86. The summed E-state index contributed by atoms with van der Waals surface area (Å²) in [5.74, 6) is -0.283. The lowest BCUT2D eigenvalue weighted by Crippen LogP contribution is -2.47. The smallest absolute Gasteiger partial charge is 0.461 e. The normalized spacial score (nSPS) is 21.4. The van der Waals surface area contributed by atoms with Crippen LogP contribution in [0.3, 0.4) is 0 Å². The highest BCUT2D eigenvalue weighted by Crippen LogP contribution is 2.43. The van der Waals surface area contributed by atoms with Crippen LogP contribution in [0.5, 0.6) is 0 Å². The zero-order valence-electron chi connectivity index (χ0n) is 23.6. The number of hydrogen-bond donors (Lipinski definition) is 1. The molecular weight excluding hydrogens is 565 g/mol. The highest BCUT2D eigenvalue weighted by molar-refractivity contribution is 8.76. The summed E-state index contributed by atoms with van der Waals surface area (Å²) in [5.41, 5.74) is 5.68. The van der Waals surface area contributed by atoms with Crippen LogP contribution in [0.1, 0.15) is 51.5 Å². The van der Waals surface area contributed by atoms with Gasteiger partial charge in [-0.15, -0.1) is 5.10 Å². The predicted molar refractivity (Wildman–Crippen MR) is 152 cm³/mol. The fourth-order valence-electron chi connectivity index (χ4n) is 3.21. The van der Waals surface area contributed by atoms with Crippen molar-refractivity contribution in [3.05, 3.63) is 24.3 Å². The van der Waals surface area contributed by atoms with Crippen molar-refractivity contribution < 1.29 is 37.8 Å². The van der Waals surface area contributed by atoms with E-state index in [0.29, 0.717) is 17.1 Å². The van der Waals surface area contributed by atoms with Gasteiger partial charge >= 0.3 is 12.1 Å². The summed E-state index contributed by atoms with van der Waals surface area (Å²) in [6.45, 7) is 18.2. The van der Waals surface area contributed by atoms with Crippen LogP contribution in [0.4, 0.5) is 4.79 Å². The number of aromatic nitrogens is 3. The average Bonchev–Trinajstić information content (AvgIpc) is 3.44. The maximum atomic E-state index is 12.2. The van der Waals surface area contributed by atoms with Gasteiger partial charge in [-0.05, 0) is 25.1 Å². The van der Waals surface area contributed by atoms with E-state index in [1.807, 2.05) is 6.92 Å². The van der Waals surface area contributed by atoms with E-state index < -0.39 is 44.8 Å². The Morgan fingerprint density at radius 2 is 1.77 bits per heavy atom. The quantitative estimate of drug-likeness (QED) is 0.107. The fraction of sp³-hybridized carbons (Fsp3) is 0.708. The van der Waals surface area contributed by atoms with Gasteiger partial charge in [-0.1, -0.05) is 55.9 Å². The Morgan fingerprint density at radius 1 is 1.15 bits per heavy atom. The molecule has 1 saturated heterocycles. The molecule has 1 aromatic rings. The van der Waals surface area contributed by atoms with E-state index in [4.69, 9.17) is 29.1 Å². The molecule has 39 heavy (non-hydrogen) atoms. The fourth-order valence-corrected chi connectivity index (χ4v) is 6.23. The molecule has 2 N–H and O–H groups in total. The van der Waals surface area contributed by atoms with Crippen molar-refractivity contribution in [2.24, 2.45) is 11.7 Å². The number of carbonyl (C=O) groups excluding carboxylic acids is 3. The summed E-state index contributed by atoms with van der Waals surface area (Å²) >= 11 is 0. The average molecular weight is 605 g/mol. The molecule has 0 aromatic carbocycles. The Kier molecular flexibility index (Phi) is 12.3. The van der Waals surface area contributed by atoms with Gasteiger partial charge in [-0.3, -0.25) is 4.79 Å². The number of hydrogen-bond acceptors (Lipinski definition) is 12. The molecule has 0 radical (unpaired) electrons. The summed E-state index contributed by atoms with van der Waals surface area (Å²) in [6, 6.07) is 0. The van der Waals surface area contributed by atoms with Crippen molar-refractivity contribution in [1.29, 1.82) is 0 Å². The number of amides is 1. The van der Waals surface area contributed by atoms with Crippen LogP contribution < -0.4 is 5.73 Å². The zero-order chi connectivity index (χ0) is 29.4. The molecule has 220 valence electrons. The van der Waals surface area contributed by atoms with Crippen molar-refractivity contribution in [3.63, 3.8) is 0 Å². The maximum absolute atomic E-state index is 12.2. The van der Waals surface area contributed by atoms with Crippen molar-refractivity contribution in [1.82, 2.24) is 14.8 Å². The minimum Gasteiger partial charge on any atom is -0.461 e. The second-order valence-electron chi connectivity index (χ2n) is 10.6. The highest BCUT2D eigenvalue weighted by atomic mass is 33.1. The summed E-state index contributed by atoms with van der Waals surface area (Å²) in [5, 5.41) is 4.11. The van der Waals surface area contributed by atoms with E-state index in [-0.39, 0.29) is 36.6 Å². The van der Waals surface area contributed by atoms with Crippen molar-refractivity contribution in [2.75, 3.05) is 31.3 Å². The van der Waals surface area contributed by atoms with Crippen LogP contribution in [0.2, 0.25) is 18.1 Å². The summed E-state index contributed by atoms with van der Waals surface area (Å²) in [7, 11) is 0.779. The van der Waals surface area contributed by atoms with Crippen LogP contribution in [-0.4, -0.2) is 84.6 Å². The molecule has 0 spiro atoms. The number of ether oxygens (including phenoxy) is 4. The zero-order valence-corrected chi connectivity index (χ0v) is 26.3. The van der Waals surface area contributed by atoms with Crippen LogP contribution in [0.15, 0.2) is 18.5 Å². The topological polar surface area (TPSA) is 154 Å². The third-order valence-electron chi connectivity index (χ3n) is 6.51. The second-order valence-corrected chi connectivity index (χ2v) is 18.1. The molecule has 15 heteroatoms. The molecule has 1 fully saturated rings. The van der Waals surface area contributed by atoms with Gasteiger partial charge in [0.1, 0.15) is 26.1 Å². The van der Waals surface area contributed by atoms with Crippen molar-refractivity contribution >= 4 is 47.9 Å². The minimum atomic E-state index is -2.22. The molecule has 1 amide bonds. The van der Waals surface area contributed by atoms with Gasteiger partial charge in [0, 0.05) is 23.0 Å². The van der Waals surface area contributed by atoms with E-state index in [2.05, 4.69) is 50.5 Å². The van der Waals surface area contributed by atoms with Crippen molar-refractivity contribution in [3.8, 4) is 0 Å². The monoisotopic (exact) mass is 604 g/mol. The van der Waals surface area contributed by atoms with Gasteiger partial charge in [0.15, 0.2) is 14.5 Å². The van der Waals surface area contributed by atoms with Crippen LogP contribution in [0, 0.1) is 5.92 Å². The number of primary amides is 1. The molecule has 4 atom stereocenters. The molecule has 0 aliphatic carbocycles. The lowest BCUT2D eigenvalue weighted by Gasteiger charge is -2.40. The SMILES string of the molecule is C=C(C)C(=O)OCCSSCCOC(=O)OC[C@H]1O[C@@H](n2cnc(C(N)=O)n2)[C@H](O[Si](C)(C)C(C)(C)C)[C@@H]1C. The molecule has 0 saturated carbocycles. The Morgan fingerprint density at radius 3 is 2.31 bits per heavy atom. The highest BCUT2D eigenvalue weighted by Gasteiger charge is 2.49. The largest absolute Gasteiger partial charge is 0.508 e. The molecule has 1 aliphatic rings. The first-order valence-corrected chi connectivity index (χ1v) is 17.9. The summed E-state index contributed by atoms with van der Waals surface area (Å²) in [6.07, 6.45) is -1.00. The molecule has 2 heterocycles. The maximum Gasteiger partial charge on any atom is 0.508 e. The molecular formula is C24H40N4O8S2Si. The number of esters is 1. The first-order valence-electron chi connectivity index (χ1n) is 12.5. The summed E-state index contributed by atoms with van der Waals surface area (Å²) < 4.78 is 29.8. The van der Waals surface area contributed by atoms with E-state index in [0.717, 1.165) is 0 Å². The van der Waals surface area contributed by atoms with Crippen LogP contribution in [0.25, 0.3) is 0 Å². The van der Waals surface area contributed by atoms with Gasteiger partial charge in [-0.2, -0.15) is 0 Å². The lowest BCUT2D eigenvalue weighted by molar-refractivity contribution is -0.138. The first-order chi connectivity index (χ1) is 18.1. The Bertz CT molecular complexity index is 1020. The summed E-state index contributed by atoms with van der Waals surface area (Å²) in [4.78, 5) is 39.0. The first kappa shape index (κ1) is 33.1. The molecule has 2 rings (SSSR count). The van der Waals surface area contributed by atoms with E-state index in [1.54, 1.807) is 6.92 Å². The predicted octanol–water partition coefficient (Wildman–Crippen LogP) is 3.95. The second kappa shape index (κ2) is 14.5. The minimum absolute atomic E-state index is 0.0405. The Labute approximate surface area is 238 Å². The third kappa shape index (κ3) is 9.81. The van der Waals surface area contributed by atoms with Crippen molar-refractivity contribution in [2.45, 2.75) is 71.2 Å². The van der Waals surface area contributed by atoms with Gasteiger partial charge < -0.3 is 29.1 Å². The number of carbonyl (C=O) groups is 3. The Hall–Kier alpha value is -2.07.